The van der Waals surface area contributed by atoms with Gasteiger partial charge in [0.05, 0.1) is 30.9 Å². The fourth-order valence-corrected chi connectivity index (χ4v) is 2.93. The second-order valence-electron chi connectivity index (χ2n) is 5.45. The summed E-state index contributed by atoms with van der Waals surface area (Å²) in [5.74, 6) is -0.683. The zero-order chi connectivity index (χ0) is 17.9. The lowest BCUT2D eigenvalue weighted by Crippen LogP contribution is -2.40. The Morgan fingerprint density at radius 1 is 1.29 bits per heavy atom. The molecule has 2 rings (SSSR count). The summed E-state index contributed by atoms with van der Waals surface area (Å²) in [6, 6.07) is 5.77. The van der Waals surface area contributed by atoms with Crippen LogP contribution in [0.3, 0.4) is 0 Å². The monoisotopic (exact) mass is 332 g/mol. The molecule has 1 aromatic carbocycles. The van der Waals surface area contributed by atoms with E-state index in [2.05, 4.69) is 4.99 Å². The number of benzene rings is 1. The molecule has 0 radical (unpaired) electrons. The van der Waals surface area contributed by atoms with E-state index in [0.717, 1.165) is 0 Å². The number of rotatable bonds is 5. The van der Waals surface area contributed by atoms with Gasteiger partial charge < -0.3 is 9.47 Å². The van der Waals surface area contributed by atoms with Crippen molar-refractivity contribution in [1.29, 1.82) is 0 Å². The largest absolute Gasteiger partial charge is 0.497 e. The molecule has 1 heterocycles. The molecule has 1 aliphatic heterocycles. The van der Waals surface area contributed by atoms with Crippen LogP contribution in [0.5, 0.6) is 5.75 Å². The molecule has 0 N–H and O–H groups in total. The average Bonchev–Trinajstić information content (AvgIpc) is 2.53. The Morgan fingerprint density at radius 3 is 2.42 bits per heavy atom. The van der Waals surface area contributed by atoms with E-state index in [4.69, 9.17) is 9.47 Å². The molecule has 0 spiro atoms. The minimum atomic E-state index is -1.11. The lowest BCUT2D eigenvalue weighted by molar-refractivity contribution is -0.505. The summed E-state index contributed by atoms with van der Waals surface area (Å²) < 4.78 is 10.2. The van der Waals surface area contributed by atoms with E-state index in [1.807, 2.05) is 0 Å². The van der Waals surface area contributed by atoms with Crippen LogP contribution in [0.15, 0.2) is 40.5 Å². The van der Waals surface area contributed by atoms with Gasteiger partial charge in [-0.05, 0) is 38.5 Å². The molecular formula is C17H20N2O5. The van der Waals surface area contributed by atoms with Gasteiger partial charge in [-0.15, -0.1) is 0 Å². The first kappa shape index (κ1) is 17.7. The molecule has 1 aliphatic rings. The zero-order valence-corrected chi connectivity index (χ0v) is 14.1. The number of esters is 1. The molecule has 0 aromatic heterocycles. The van der Waals surface area contributed by atoms with Crippen molar-refractivity contribution in [2.45, 2.75) is 32.7 Å². The van der Waals surface area contributed by atoms with E-state index in [1.54, 1.807) is 52.1 Å². The first-order valence-electron chi connectivity index (χ1n) is 7.61. The first-order chi connectivity index (χ1) is 11.4. The van der Waals surface area contributed by atoms with Crippen LogP contribution in [-0.4, -0.2) is 36.4 Å². The van der Waals surface area contributed by atoms with Gasteiger partial charge in [-0.2, -0.15) is 0 Å². The Balaban J connectivity index is 2.59. The summed E-state index contributed by atoms with van der Waals surface area (Å²) in [6.07, 6.45) is 0. The summed E-state index contributed by atoms with van der Waals surface area (Å²) in [4.78, 5) is 27.8. The third-order valence-corrected chi connectivity index (χ3v) is 3.99. The molecule has 7 nitrogen and oxygen atoms in total. The lowest BCUT2D eigenvalue weighted by Gasteiger charge is -2.27. The van der Waals surface area contributed by atoms with Gasteiger partial charge in [0.1, 0.15) is 5.75 Å². The molecule has 2 unspecified atom stereocenters. The predicted molar refractivity (Wildman–Crippen MR) is 89.0 cm³/mol. The second kappa shape index (κ2) is 7.25. The van der Waals surface area contributed by atoms with E-state index in [9.17, 15) is 14.9 Å². The number of nitrogens with zero attached hydrogens (tertiary/aromatic N) is 2. The predicted octanol–water partition coefficient (Wildman–Crippen LogP) is 2.74. The second-order valence-corrected chi connectivity index (χ2v) is 5.45. The third kappa shape index (κ3) is 3.29. The molecule has 1 aromatic rings. The van der Waals surface area contributed by atoms with E-state index >= 15 is 0 Å². The number of allylic oxidation sites excluding steroid dienone is 1. The summed E-state index contributed by atoms with van der Waals surface area (Å²) in [5.41, 5.74) is 1.69. The van der Waals surface area contributed by atoms with Crippen LogP contribution >= 0.6 is 0 Å². The van der Waals surface area contributed by atoms with Crippen LogP contribution in [0.1, 0.15) is 32.3 Å². The molecular weight excluding hydrogens is 312 g/mol. The number of hydrogen-bond donors (Lipinski definition) is 0. The molecule has 2 atom stereocenters. The van der Waals surface area contributed by atoms with Crippen molar-refractivity contribution in [2.75, 3.05) is 13.7 Å². The van der Waals surface area contributed by atoms with Crippen LogP contribution in [0.25, 0.3) is 0 Å². The van der Waals surface area contributed by atoms with Crippen LogP contribution in [0.4, 0.5) is 0 Å². The van der Waals surface area contributed by atoms with Crippen LogP contribution in [0.2, 0.25) is 0 Å². The van der Waals surface area contributed by atoms with Crippen molar-refractivity contribution in [1.82, 2.24) is 0 Å². The number of nitro groups is 1. The standard InChI is InChI=1S/C17H20N2O5/c1-5-24-17(20)14-10(2)18-11(3)16(19(21)22)15(14)12-6-8-13(23-4)9-7-12/h6-9,15-16H,5H2,1-4H3. The van der Waals surface area contributed by atoms with Crippen molar-refractivity contribution >= 4 is 11.7 Å². The highest BCUT2D eigenvalue weighted by Crippen LogP contribution is 2.37. The van der Waals surface area contributed by atoms with Gasteiger partial charge in [0.15, 0.2) is 0 Å². The van der Waals surface area contributed by atoms with Gasteiger partial charge in [0.25, 0.3) is 6.04 Å². The van der Waals surface area contributed by atoms with Crippen LogP contribution < -0.4 is 4.74 Å². The van der Waals surface area contributed by atoms with Gasteiger partial charge in [-0.25, -0.2) is 4.79 Å². The minimum absolute atomic E-state index is 0.191. The number of aliphatic imine (C=N–C) groups is 1. The highest BCUT2D eigenvalue weighted by atomic mass is 16.6. The summed E-state index contributed by atoms with van der Waals surface area (Å²) in [7, 11) is 1.54. The number of methoxy groups -OCH3 is 1. The normalized spacial score (nSPS) is 20.4. The van der Waals surface area contributed by atoms with Crippen molar-refractivity contribution < 1.29 is 19.2 Å². The molecule has 0 saturated carbocycles. The minimum Gasteiger partial charge on any atom is -0.497 e. The zero-order valence-electron chi connectivity index (χ0n) is 14.1. The van der Waals surface area contributed by atoms with Crippen LogP contribution in [0, 0.1) is 10.1 Å². The highest BCUT2D eigenvalue weighted by molar-refractivity contribution is 5.98. The molecule has 7 heteroatoms. The van der Waals surface area contributed by atoms with E-state index in [0.29, 0.717) is 22.7 Å². The Labute approximate surface area is 140 Å². The number of ether oxygens (including phenoxy) is 2. The van der Waals surface area contributed by atoms with Gasteiger partial charge >= 0.3 is 5.97 Å². The molecule has 0 aliphatic carbocycles. The smallest absolute Gasteiger partial charge is 0.336 e. The number of hydrogen-bond acceptors (Lipinski definition) is 6. The SMILES string of the molecule is CCOC(=O)C1=C(C)N=C(C)C([N+](=O)[O-])C1c1ccc(OC)cc1. The summed E-state index contributed by atoms with van der Waals surface area (Å²) in [5, 5.41) is 11.6. The summed E-state index contributed by atoms with van der Waals surface area (Å²) in [6.45, 7) is 5.16. The Hall–Kier alpha value is -2.70. The maximum absolute atomic E-state index is 12.4. The number of carbonyl (C=O) groups excluding carboxylic acids is 1. The fraction of sp³-hybridized carbons (Fsp3) is 0.412. The van der Waals surface area contributed by atoms with Gasteiger partial charge in [-0.1, -0.05) is 12.1 Å². The molecule has 0 fully saturated rings. The molecule has 24 heavy (non-hydrogen) atoms. The maximum Gasteiger partial charge on any atom is 0.336 e. The first-order valence-corrected chi connectivity index (χ1v) is 7.61. The number of carbonyl (C=O) groups is 1. The van der Waals surface area contributed by atoms with E-state index in [1.165, 1.54) is 0 Å². The Morgan fingerprint density at radius 2 is 1.92 bits per heavy atom. The molecule has 0 bridgehead atoms. The lowest BCUT2D eigenvalue weighted by atomic mass is 9.80. The van der Waals surface area contributed by atoms with E-state index in [-0.39, 0.29) is 12.2 Å². The Bertz CT molecular complexity index is 706. The summed E-state index contributed by atoms with van der Waals surface area (Å²) >= 11 is 0. The van der Waals surface area contributed by atoms with Gasteiger partial charge in [0.2, 0.25) is 0 Å². The highest BCUT2D eigenvalue weighted by Gasteiger charge is 2.44. The fourth-order valence-electron chi connectivity index (χ4n) is 2.93. The average molecular weight is 332 g/mol. The molecule has 0 amide bonds. The van der Waals surface area contributed by atoms with Crippen molar-refractivity contribution in [3.8, 4) is 5.75 Å². The topological polar surface area (TPSA) is 91.0 Å². The van der Waals surface area contributed by atoms with Gasteiger partial charge in [-0.3, -0.25) is 15.1 Å². The molecule has 128 valence electrons. The molecule has 0 saturated heterocycles. The maximum atomic E-state index is 12.4. The Kier molecular flexibility index (Phi) is 5.33. The quantitative estimate of drug-likeness (QED) is 0.470. The van der Waals surface area contributed by atoms with Crippen molar-refractivity contribution in [2.24, 2.45) is 4.99 Å². The van der Waals surface area contributed by atoms with Gasteiger partial charge in [0, 0.05) is 10.6 Å². The van der Waals surface area contributed by atoms with Crippen molar-refractivity contribution in [3.63, 3.8) is 0 Å². The van der Waals surface area contributed by atoms with Crippen molar-refractivity contribution in [3.05, 3.63) is 51.2 Å². The third-order valence-electron chi connectivity index (χ3n) is 3.99. The van der Waals surface area contributed by atoms with E-state index < -0.39 is 22.9 Å². The van der Waals surface area contributed by atoms with Crippen LogP contribution in [-0.2, 0) is 9.53 Å².